The Morgan fingerprint density at radius 1 is 1.32 bits per heavy atom. The smallest absolute Gasteiger partial charge is 0.231 e. The van der Waals surface area contributed by atoms with E-state index in [1.807, 2.05) is 6.92 Å². The molecule has 1 aromatic rings. The SMILES string of the molecule is COC[C@@H]1CN(C2CCCC2)C[C@H]1c1nc(C)no1. The zero-order chi connectivity index (χ0) is 13.2. The minimum absolute atomic E-state index is 0.335. The molecule has 1 aliphatic heterocycles. The maximum absolute atomic E-state index is 5.39. The molecule has 1 aromatic heterocycles. The first kappa shape index (κ1) is 13.1. The van der Waals surface area contributed by atoms with E-state index in [0.29, 0.717) is 11.8 Å². The van der Waals surface area contributed by atoms with Gasteiger partial charge in [-0.05, 0) is 19.8 Å². The highest BCUT2D eigenvalue weighted by Gasteiger charge is 2.40. The van der Waals surface area contributed by atoms with Crippen LogP contribution in [0, 0.1) is 12.8 Å². The first-order valence-corrected chi connectivity index (χ1v) is 7.31. The topological polar surface area (TPSA) is 51.4 Å². The molecule has 0 N–H and O–H groups in total. The summed E-state index contributed by atoms with van der Waals surface area (Å²) < 4.78 is 10.8. The van der Waals surface area contributed by atoms with E-state index in [9.17, 15) is 0 Å². The summed E-state index contributed by atoms with van der Waals surface area (Å²) in [6.45, 7) is 4.79. The Labute approximate surface area is 114 Å². The maximum Gasteiger partial charge on any atom is 0.231 e. The van der Waals surface area contributed by atoms with Gasteiger partial charge in [-0.3, -0.25) is 4.90 Å². The highest BCUT2D eigenvalue weighted by atomic mass is 16.5. The van der Waals surface area contributed by atoms with E-state index in [1.54, 1.807) is 7.11 Å². The van der Waals surface area contributed by atoms with Gasteiger partial charge in [-0.15, -0.1) is 0 Å². The Kier molecular flexibility index (Phi) is 3.84. The maximum atomic E-state index is 5.39. The minimum Gasteiger partial charge on any atom is -0.384 e. The fraction of sp³-hybridized carbons (Fsp3) is 0.857. The summed E-state index contributed by atoms with van der Waals surface area (Å²) in [6, 6.07) is 0.758. The van der Waals surface area contributed by atoms with Gasteiger partial charge in [0.1, 0.15) is 0 Å². The summed E-state index contributed by atoms with van der Waals surface area (Å²) in [4.78, 5) is 7.04. The molecule has 5 heteroatoms. The molecule has 0 amide bonds. The summed E-state index contributed by atoms with van der Waals surface area (Å²) in [5, 5.41) is 3.93. The molecule has 1 saturated carbocycles. The van der Waals surface area contributed by atoms with Crippen LogP contribution in [-0.4, -0.2) is 47.9 Å². The summed E-state index contributed by atoms with van der Waals surface area (Å²) in [6.07, 6.45) is 5.44. The molecule has 0 radical (unpaired) electrons. The van der Waals surface area contributed by atoms with E-state index in [0.717, 1.165) is 37.5 Å². The van der Waals surface area contributed by atoms with E-state index in [2.05, 4.69) is 15.0 Å². The van der Waals surface area contributed by atoms with Gasteiger partial charge < -0.3 is 9.26 Å². The Balaban J connectivity index is 1.73. The van der Waals surface area contributed by atoms with Crippen LogP contribution in [0.3, 0.4) is 0 Å². The van der Waals surface area contributed by atoms with Crippen LogP contribution < -0.4 is 0 Å². The average molecular weight is 265 g/mol. The van der Waals surface area contributed by atoms with Gasteiger partial charge in [0.2, 0.25) is 5.89 Å². The van der Waals surface area contributed by atoms with Gasteiger partial charge in [0, 0.05) is 32.2 Å². The normalized spacial score (nSPS) is 29.4. The third-order valence-electron chi connectivity index (χ3n) is 4.55. The van der Waals surface area contributed by atoms with E-state index < -0.39 is 0 Å². The lowest BCUT2D eigenvalue weighted by molar-refractivity contribution is 0.139. The fourth-order valence-corrected chi connectivity index (χ4v) is 3.60. The molecule has 0 spiro atoms. The molecule has 106 valence electrons. The zero-order valence-corrected chi connectivity index (χ0v) is 11.8. The molecule has 2 atom stereocenters. The van der Waals surface area contributed by atoms with E-state index >= 15 is 0 Å². The first-order valence-electron chi connectivity index (χ1n) is 7.31. The molecular weight excluding hydrogens is 242 g/mol. The highest BCUT2D eigenvalue weighted by molar-refractivity contribution is 5.03. The lowest BCUT2D eigenvalue weighted by Gasteiger charge is -2.23. The number of rotatable bonds is 4. The molecule has 2 heterocycles. The highest BCUT2D eigenvalue weighted by Crippen LogP contribution is 2.36. The van der Waals surface area contributed by atoms with Crippen molar-refractivity contribution in [3.63, 3.8) is 0 Å². The van der Waals surface area contributed by atoms with Crippen molar-refractivity contribution < 1.29 is 9.26 Å². The molecule has 19 heavy (non-hydrogen) atoms. The van der Waals surface area contributed by atoms with Crippen LogP contribution in [-0.2, 0) is 4.74 Å². The number of aryl methyl sites for hydroxylation is 1. The van der Waals surface area contributed by atoms with Crippen molar-refractivity contribution in [1.29, 1.82) is 0 Å². The van der Waals surface area contributed by atoms with Crippen molar-refractivity contribution in [3.05, 3.63) is 11.7 Å². The Morgan fingerprint density at radius 3 is 2.74 bits per heavy atom. The zero-order valence-electron chi connectivity index (χ0n) is 11.8. The second-order valence-corrected chi connectivity index (χ2v) is 5.89. The summed E-state index contributed by atoms with van der Waals surface area (Å²) >= 11 is 0. The van der Waals surface area contributed by atoms with Gasteiger partial charge in [0.05, 0.1) is 12.5 Å². The number of likely N-dealkylation sites (tertiary alicyclic amines) is 1. The van der Waals surface area contributed by atoms with Crippen LogP contribution in [0.25, 0.3) is 0 Å². The summed E-state index contributed by atoms with van der Waals surface area (Å²) in [5.41, 5.74) is 0. The number of ether oxygens (including phenoxy) is 1. The first-order chi connectivity index (χ1) is 9.28. The van der Waals surface area contributed by atoms with Gasteiger partial charge >= 0.3 is 0 Å². The van der Waals surface area contributed by atoms with Crippen LogP contribution in [0.15, 0.2) is 4.52 Å². The monoisotopic (exact) mass is 265 g/mol. The number of aromatic nitrogens is 2. The van der Waals surface area contributed by atoms with Gasteiger partial charge in [-0.2, -0.15) is 4.98 Å². The van der Waals surface area contributed by atoms with Crippen molar-refractivity contribution in [3.8, 4) is 0 Å². The van der Waals surface area contributed by atoms with Gasteiger partial charge in [-0.1, -0.05) is 18.0 Å². The Morgan fingerprint density at radius 2 is 2.11 bits per heavy atom. The molecule has 2 aliphatic rings. The molecule has 1 aliphatic carbocycles. The van der Waals surface area contributed by atoms with Gasteiger partial charge in [0.25, 0.3) is 0 Å². The Hall–Kier alpha value is -0.940. The summed E-state index contributed by atoms with van der Waals surface area (Å²) in [7, 11) is 1.77. The second kappa shape index (κ2) is 5.59. The van der Waals surface area contributed by atoms with E-state index in [-0.39, 0.29) is 0 Å². The van der Waals surface area contributed by atoms with E-state index in [1.165, 1.54) is 25.7 Å². The molecular formula is C14H23N3O2. The third kappa shape index (κ3) is 2.67. The predicted octanol–water partition coefficient (Wildman–Crippen LogP) is 1.98. The van der Waals surface area contributed by atoms with Crippen molar-refractivity contribution >= 4 is 0 Å². The van der Waals surface area contributed by atoms with Crippen molar-refractivity contribution in [1.82, 2.24) is 15.0 Å². The number of hydrogen-bond acceptors (Lipinski definition) is 5. The molecule has 2 fully saturated rings. The molecule has 5 nitrogen and oxygen atoms in total. The van der Waals surface area contributed by atoms with Crippen molar-refractivity contribution in [2.24, 2.45) is 5.92 Å². The molecule has 0 unspecified atom stereocenters. The van der Waals surface area contributed by atoms with Crippen LogP contribution in [0.5, 0.6) is 0 Å². The molecule has 0 bridgehead atoms. The van der Waals surface area contributed by atoms with Gasteiger partial charge in [-0.25, -0.2) is 0 Å². The summed E-state index contributed by atoms with van der Waals surface area (Å²) in [5.74, 6) is 2.33. The van der Waals surface area contributed by atoms with Gasteiger partial charge in [0.15, 0.2) is 5.82 Å². The number of nitrogens with zero attached hydrogens (tertiary/aromatic N) is 3. The number of methoxy groups -OCH3 is 1. The average Bonchev–Trinajstić information content (AvgIpc) is 3.08. The molecule has 0 aromatic carbocycles. The largest absolute Gasteiger partial charge is 0.384 e. The van der Waals surface area contributed by atoms with Crippen LogP contribution in [0.2, 0.25) is 0 Å². The number of hydrogen-bond donors (Lipinski definition) is 0. The van der Waals surface area contributed by atoms with Crippen LogP contribution >= 0.6 is 0 Å². The van der Waals surface area contributed by atoms with E-state index in [4.69, 9.17) is 9.26 Å². The molecule has 3 rings (SSSR count). The third-order valence-corrected chi connectivity index (χ3v) is 4.55. The quantitative estimate of drug-likeness (QED) is 0.833. The van der Waals surface area contributed by atoms with Crippen molar-refractivity contribution in [2.75, 3.05) is 26.8 Å². The van der Waals surface area contributed by atoms with Crippen LogP contribution in [0.1, 0.15) is 43.3 Å². The van der Waals surface area contributed by atoms with Crippen molar-refractivity contribution in [2.45, 2.75) is 44.6 Å². The lowest BCUT2D eigenvalue weighted by atomic mass is 9.97. The standard InChI is InChI=1S/C14H23N3O2/c1-10-15-14(19-16-10)13-8-17(7-11(13)9-18-2)12-5-3-4-6-12/h11-13H,3-9H2,1-2H3/t11-,13+/m0/s1. The fourth-order valence-electron chi connectivity index (χ4n) is 3.60. The Bertz CT molecular complexity index is 415. The molecule has 1 saturated heterocycles. The lowest BCUT2D eigenvalue weighted by Crippen LogP contribution is -2.31. The minimum atomic E-state index is 0.335. The van der Waals surface area contributed by atoms with Crippen LogP contribution in [0.4, 0.5) is 0 Å². The second-order valence-electron chi connectivity index (χ2n) is 5.89. The predicted molar refractivity (Wildman–Crippen MR) is 71.0 cm³/mol.